The predicted molar refractivity (Wildman–Crippen MR) is 118 cm³/mol. The molecule has 5 heteroatoms. The Hall–Kier alpha value is -2.47. The fraction of sp³-hybridized carbons (Fsp3) is 0.308. The van der Waals surface area contributed by atoms with E-state index in [0.717, 1.165) is 23.2 Å². The van der Waals surface area contributed by atoms with Crippen molar-refractivity contribution in [3.05, 3.63) is 107 Å². The minimum atomic E-state index is -3.25. The Balaban J connectivity index is 1.61. The normalized spacial score (nSPS) is 38.6. The second-order valence-electron chi connectivity index (χ2n) is 9.32. The highest BCUT2D eigenvalue weighted by molar-refractivity contribution is 7.92. The standard InChI is InChI=1S/C26H23NO3S/c28-31(29)16-17-15-27-24(31)23-22(17)25(18-9-3-1-4-10-18)20-13-7-8-14-21(20)26(23,30-25)19-11-5-2-6-12-19/h1-14,17,22-24,27H,15-16H2. The van der Waals surface area contributed by atoms with Gasteiger partial charge in [-0.15, -0.1) is 0 Å². The fourth-order valence-corrected chi connectivity index (χ4v) is 9.43. The summed E-state index contributed by atoms with van der Waals surface area (Å²) in [5, 5.41) is 2.80. The first kappa shape index (κ1) is 18.1. The van der Waals surface area contributed by atoms with E-state index >= 15 is 0 Å². The van der Waals surface area contributed by atoms with Crippen LogP contribution < -0.4 is 5.32 Å². The van der Waals surface area contributed by atoms with Crippen molar-refractivity contribution in [1.82, 2.24) is 5.32 Å². The summed E-state index contributed by atoms with van der Waals surface area (Å²) in [5.74, 6) is 0.165. The van der Waals surface area contributed by atoms with Gasteiger partial charge in [0.15, 0.2) is 9.84 Å². The van der Waals surface area contributed by atoms with Crippen LogP contribution in [-0.4, -0.2) is 26.1 Å². The van der Waals surface area contributed by atoms with Gasteiger partial charge in [0.1, 0.15) is 16.6 Å². The molecule has 5 aliphatic rings. The molecule has 4 saturated heterocycles. The molecule has 0 amide bonds. The Morgan fingerprint density at radius 1 is 0.742 bits per heavy atom. The number of benzene rings is 3. The first-order valence-corrected chi connectivity index (χ1v) is 12.7. The molecule has 0 aliphatic carbocycles. The zero-order valence-corrected chi connectivity index (χ0v) is 17.8. The summed E-state index contributed by atoms with van der Waals surface area (Å²) in [4.78, 5) is 0. The van der Waals surface area contributed by atoms with E-state index in [2.05, 4.69) is 59.9 Å². The molecule has 156 valence electrons. The van der Waals surface area contributed by atoms with Crippen LogP contribution in [0, 0.1) is 17.8 Å². The average molecular weight is 430 g/mol. The number of fused-ring (bicyclic) bond motifs is 7. The van der Waals surface area contributed by atoms with Gasteiger partial charge in [-0.3, -0.25) is 0 Å². The van der Waals surface area contributed by atoms with Gasteiger partial charge in [0.05, 0.1) is 5.75 Å². The molecule has 4 nitrogen and oxygen atoms in total. The smallest absolute Gasteiger partial charge is 0.166 e. The highest BCUT2D eigenvalue weighted by Crippen LogP contribution is 2.72. The minimum absolute atomic E-state index is 0.0131. The minimum Gasteiger partial charge on any atom is -0.349 e. The number of sulfone groups is 1. The molecular weight excluding hydrogens is 406 g/mol. The zero-order valence-electron chi connectivity index (χ0n) is 16.9. The molecule has 6 unspecified atom stereocenters. The van der Waals surface area contributed by atoms with Crippen LogP contribution in [0.5, 0.6) is 0 Å². The van der Waals surface area contributed by atoms with E-state index in [0.29, 0.717) is 0 Å². The number of rotatable bonds is 2. The lowest BCUT2D eigenvalue weighted by Crippen LogP contribution is -2.67. The summed E-state index contributed by atoms with van der Waals surface area (Å²) in [6.45, 7) is 0.718. The van der Waals surface area contributed by atoms with Crippen molar-refractivity contribution in [3.8, 4) is 0 Å². The van der Waals surface area contributed by atoms with E-state index in [1.807, 2.05) is 30.3 Å². The number of hydrogen-bond donors (Lipinski definition) is 1. The van der Waals surface area contributed by atoms with Crippen LogP contribution in [0.3, 0.4) is 0 Å². The molecule has 0 aromatic heterocycles. The third kappa shape index (κ3) is 2.01. The molecule has 6 atom stereocenters. The highest BCUT2D eigenvalue weighted by atomic mass is 32.2. The van der Waals surface area contributed by atoms with E-state index < -0.39 is 26.4 Å². The van der Waals surface area contributed by atoms with Gasteiger partial charge < -0.3 is 10.1 Å². The van der Waals surface area contributed by atoms with Crippen molar-refractivity contribution in [2.45, 2.75) is 16.6 Å². The maximum Gasteiger partial charge on any atom is 0.166 e. The molecule has 8 rings (SSSR count). The van der Waals surface area contributed by atoms with Crippen LogP contribution in [0.2, 0.25) is 0 Å². The van der Waals surface area contributed by atoms with Gasteiger partial charge in [-0.1, -0.05) is 84.9 Å². The summed E-state index contributed by atoms with van der Waals surface area (Å²) >= 11 is 0. The summed E-state index contributed by atoms with van der Waals surface area (Å²) in [7, 11) is -3.25. The SMILES string of the molecule is O=S1(=O)CC2CNC1C1C2C2(c3ccccc3)OC1(c1ccccc1)c1ccccc12. The van der Waals surface area contributed by atoms with Crippen LogP contribution in [0.4, 0.5) is 0 Å². The van der Waals surface area contributed by atoms with Gasteiger partial charge in [0.2, 0.25) is 0 Å². The van der Waals surface area contributed by atoms with Gasteiger partial charge in [-0.05, 0) is 28.2 Å². The van der Waals surface area contributed by atoms with Crippen LogP contribution in [0.1, 0.15) is 22.3 Å². The molecule has 0 radical (unpaired) electrons. The lowest BCUT2D eigenvalue weighted by atomic mass is 9.56. The third-order valence-corrected chi connectivity index (χ3v) is 10.2. The molecule has 3 aromatic carbocycles. The molecule has 4 bridgehead atoms. The van der Waals surface area contributed by atoms with E-state index in [9.17, 15) is 8.42 Å². The predicted octanol–water partition coefficient (Wildman–Crippen LogP) is 3.42. The van der Waals surface area contributed by atoms with E-state index in [1.165, 1.54) is 5.56 Å². The molecule has 1 N–H and O–H groups in total. The highest BCUT2D eigenvalue weighted by Gasteiger charge is 2.77. The lowest BCUT2D eigenvalue weighted by molar-refractivity contribution is -0.0587. The Bertz CT molecular complexity index is 1290. The summed E-state index contributed by atoms with van der Waals surface area (Å²) < 4.78 is 33.8. The molecule has 3 aromatic rings. The average Bonchev–Trinajstić information content (AvgIpc) is 3.31. The van der Waals surface area contributed by atoms with Gasteiger partial charge >= 0.3 is 0 Å². The first-order chi connectivity index (χ1) is 15.1. The molecule has 4 fully saturated rings. The summed E-state index contributed by atoms with van der Waals surface area (Å²) in [6.07, 6.45) is 0. The number of piperidine rings is 1. The summed E-state index contributed by atoms with van der Waals surface area (Å²) in [5.41, 5.74) is 3.03. The van der Waals surface area contributed by atoms with Crippen molar-refractivity contribution in [2.75, 3.05) is 12.3 Å². The first-order valence-electron chi connectivity index (χ1n) is 11.0. The van der Waals surface area contributed by atoms with Gasteiger partial charge in [-0.2, -0.15) is 0 Å². The number of hydrogen-bond acceptors (Lipinski definition) is 4. The van der Waals surface area contributed by atoms with Crippen molar-refractivity contribution < 1.29 is 13.2 Å². The molecule has 31 heavy (non-hydrogen) atoms. The van der Waals surface area contributed by atoms with Crippen molar-refractivity contribution in [1.29, 1.82) is 0 Å². The van der Waals surface area contributed by atoms with Gasteiger partial charge in [0, 0.05) is 18.4 Å². The molecule has 5 heterocycles. The van der Waals surface area contributed by atoms with E-state index in [1.54, 1.807) is 0 Å². The largest absolute Gasteiger partial charge is 0.349 e. The maximum absolute atomic E-state index is 13.3. The van der Waals surface area contributed by atoms with Gasteiger partial charge in [0.25, 0.3) is 0 Å². The Kier molecular flexibility index (Phi) is 3.42. The van der Waals surface area contributed by atoms with E-state index in [4.69, 9.17) is 4.74 Å². The maximum atomic E-state index is 13.3. The topological polar surface area (TPSA) is 55.4 Å². The molecule has 0 spiro atoms. The van der Waals surface area contributed by atoms with Gasteiger partial charge in [-0.25, -0.2) is 8.42 Å². The second-order valence-corrected chi connectivity index (χ2v) is 11.5. The monoisotopic (exact) mass is 429 g/mol. The summed E-state index contributed by atoms with van der Waals surface area (Å²) in [6, 6.07) is 29.1. The Morgan fingerprint density at radius 2 is 1.26 bits per heavy atom. The Labute approximate surface area is 182 Å². The molecular formula is C26H23NO3S. The molecule has 5 aliphatic heterocycles. The second kappa shape index (κ2) is 5.85. The zero-order chi connectivity index (χ0) is 20.8. The third-order valence-electron chi connectivity index (χ3n) is 8.03. The van der Waals surface area contributed by atoms with Crippen molar-refractivity contribution >= 4 is 9.84 Å². The quantitative estimate of drug-likeness (QED) is 0.678. The lowest BCUT2D eigenvalue weighted by Gasteiger charge is -2.54. The van der Waals surface area contributed by atoms with Crippen molar-refractivity contribution in [2.24, 2.45) is 17.8 Å². The van der Waals surface area contributed by atoms with Crippen LogP contribution in [0.15, 0.2) is 84.9 Å². The van der Waals surface area contributed by atoms with Crippen LogP contribution in [-0.2, 0) is 25.8 Å². The fourth-order valence-electron chi connectivity index (χ4n) is 7.14. The van der Waals surface area contributed by atoms with Crippen LogP contribution >= 0.6 is 0 Å². The Morgan fingerprint density at radius 3 is 1.81 bits per heavy atom. The number of ether oxygens (including phenoxy) is 1. The van der Waals surface area contributed by atoms with E-state index in [-0.39, 0.29) is 23.5 Å². The molecule has 0 saturated carbocycles. The van der Waals surface area contributed by atoms with Crippen molar-refractivity contribution in [3.63, 3.8) is 0 Å². The van der Waals surface area contributed by atoms with Crippen LogP contribution in [0.25, 0.3) is 0 Å². The number of nitrogens with one attached hydrogen (secondary N) is 1.